The van der Waals surface area contributed by atoms with Gasteiger partial charge < -0.3 is 10.6 Å². The van der Waals surface area contributed by atoms with Crippen LogP contribution in [0.3, 0.4) is 0 Å². The average molecular weight is 291 g/mol. The molecule has 1 aromatic heterocycles. The summed E-state index contributed by atoms with van der Waals surface area (Å²) < 4.78 is 37.9. The molecule has 0 bridgehead atoms. The van der Waals surface area contributed by atoms with E-state index >= 15 is 0 Å². The molecule has 114 valence electrons. The Morgan fingerprint density at radius 3 is 2.70 bits per heavy atom. The molecule has 0 aromatic carbocycles. The highest BCUT2D eigenvalue weighted by Gasteiger charge is 2.26. The summed E-state index contributed by atoms with van der Waals surface area (Å²) in [4.78, 5) is 3.88. The Bertz CT molecular complexity index is 400. The van der Waals surface area contributed by atoms with Gasteiger partial charge in [0, 0.05) is 39.1 Å². The van der Waals surface area contributed by atoms with Crippen molar-refractivity contribution < 1.29 is 13.2 Å². The molecule has 0 spiro atoms. The molecule has 0 aliphatic heterocycles. The Balaban J connectivity index is 2.24. The van der Waals surface area contributed by atoms with Crippen LogP contribution in [0.25, 0.3) is 0 Å². The van der Waals surface area contributed by atoms with Gasteiger partial charge in [0.2, 0.25) is 0 Å². The summed E-state index contributed by atoms with van der Waals surface area (Å²) in [5, 5.41) is 9.73. The SMILES string of the molecule is CN=C(NCCC(F)(F)F)NCC(C)Cn1cccn1. The van der Waals surface area contributed by atoms with Crippen molar-refractivity contribution >= 4 is 5.96 Å². The van der Waals surface area contributed by atoms with Crippen molar-refractivity contribution in [2.45, 2.75) is 26.1 Å². The van der Waals surface area contributed by atoms with Gasteiger partial charge in [-0.3, -0.25) is 9.67 Å². The fourth-order valence-electron chi connectivity index (χ4n) is 1.61. The van der Waals surface area contributed by atoms with E-state index in [2.05, 4.69) is 20.7 Å². The second kappa shape index (κ2) is 7.76. The Hall–Kier alpha value is -1.73. The molecule has 8 heteroatoms. The normalized spacial score (nSPS) is 14.2. The number of nitrogens with zero attached hydrogens (tertiary/aromatic N) is 3. The maximum absolute atomic E-state index is 12.0. The minimum Gasteiger partial charge on any atom is -0.356 e. The highest BCUT2D eigenvalue weighted by atomic mass is 19.4. The number of halogens is 3. The van der Waals surface area contributed by atoms with Gasteiger partial charge in [0.05, 0.1) is 6.42 Å². The smallest absolute Gasteiger partial charge is 0.356 e. The van der Waals surface area contributed by atoms with Crippen molar-refractivity contribution in [2.75, 3.05) is 20.1 Å². The molecule has 2 N–H and O–H groups in total. The summed E-state index contributed by atoms with van der Waals surface area (Å²) in [6.45, 7) is 3.18. The highest BCUT2D eigenvalue weighted by Crippen LogP contribution is 2.17. The van der Waals surface area contributed by atoms with Gasteiger partial charge in [0.25, 0.3) is 0 Å². The standard InChI is InChI=1S/C12H20F3N5/c1-10(9-20-7-3-5-19-20)8-18-11(16-2)17-6-4-12(13,14)15/h3,5,7,10H,4,6,8-9H2,1-2H3,(H2,16,17,18). The lowest BCUT2D eigenvalue weighted by Crippen LogP contribution is -2.41. The van der Waals surface area contributed by atoms with Crippen LogP contribution in [0.1, 0.15) is 13.3 Å². The number of hydrogen-bond donors (Lipinski definition) is 2. The number of rotatable bonds is 6. The second-order valence-corrected chi connectivity index (χ2v) is 4.58. The van der Waals surface area contributed by atoms with E-state index in [0.29, 0.717) is 12.5 Å². The van der Waals surface area contributed by atoms with E-state index in [4.69, 9.17) is 0 Å². The summed E-state index contributed by atoms with van der Waals surface area (Å²) in [7, 11) is 1.53. The van der Waals surface area contributed by atoms with E-state index in [1.165, 1.54) is 7.05 Å². The maximum Gasteiger partial charge on any atom is 0.390 e. The van der Waals surface area contributed by atoms with Crippen LogP contribution in [0, 0.1) is 5.92 Å². The van der Waals surface area contributed by atoms with Crippen LogP contribution in [-0.4, -0.2) is 42.1 Å². The number of alkyl halides is 3. The molecule has 1 heterocycles. The Kier molecular flexibility index (Phi) is 6.33. The van der Waals surface area contributed by atoms with Gasteiger partial charge in [-0.1, -0.05) is 6.92 Å². The fraction of sp³-hybridized carbons (Fsp3) is 0.667. The van der Waals surface area contributed by atoms with Crippen LogP contribution >= 0.6 is 0 Å². The van der Waals surface area contributed by atoms with Gasteiger partial charge in [-0.05, 0) is 12.0 Å². The van der Waals surface area contributed by atoms with Gasteiger partial charge in [-0.25, -0.2) is 0 Å². The second-order valence-electron chi connectivity index (χ2n) is 4.58. The Morgan fingerprint density at radius 2 is 2.15 bits per heavy atom. The first-order valence-corrected chi connectivity index (χ1v) is 6.39. The largest absolute Gasteiger partial charge is 0.390 e. The number of hydrogen-bond acceptors (Lipinski definition) is 2. The van der Waals surface area contributed by atoms with Crippen molar-refractivity contribution in [1.29, 1.82) is 0 Å². The molecular weight excluding hydrogens is 271 g/mol. The maximum atomic E-state index is 12.0. The number of aromatic nitrogens is 2. The summed E-state index contributed by atoms with van der Waals surface area (Å²) in [5.74, 6) is 0.651. The molecule has 0 aliphatic carbocycles. The Morgan fingerprint density at radius 1 is 1.40 bits per heavy atom. The molecular formula is C12H20F3N5. The van der Waals surface area contributed by atoms with E-state index in [-0.39, 0.29) is 12.5 Å². The quantitative estimate of drug-likeness (QED) is 0.619. The van der Waals surface area contributed by atoms with Crippen LogP contribution in [-0.2, 0) is 6.54 Å². The number of nitrogens with one attached hydrogen (secondary N) is 2. The van der Waals surface area contributed by atoms with E-state index in [1.807, 2.05) is 23.9 Å². The predicted octanol–water partition coefficient (Wildman–Crippen LogP) is 1.64. The zero-order valence-electron chi connectivity index (χ0n) is 11.6. The first-order chi connectivity index (χ1) is 9.40. The van der Waals surface area contributed by atoms with Crippen molar-refractivity contribution in [1.82, 2.24) is 20.4 Å². The summed E-state index contributed by atoms with van der Waals surface area (Å²) >= 11 is 0. The summed E-state index contributed by atoms with van der Waals surface area (Å²) in [6.07, 6.45) is -1.46. The molecule has 0 amide bonds. The lowest BCUT2D eigenvalue weighted by Gasteiger charge is -2.16. The van der Waals surface area contributed by atoms with Crippen LogP contribution in [0.5, 0.6) is 0 Å². The monoisotopic (exact) mass is 291 g/mol. The lowest BCUT2D eigenvalue weighted by atomic mass is 10.2. The predicted molar refractivity (Wildman–Crippen MR) is 71.4 cm³/mol. The lowest BCUT2D eigenvalue weighted by molar-refractivity contribution is -0.132. The summed E-state index contributed by atoms with van der Waals surface area (Å²) in [5.41, 5.74) is 0. The molecule has 0 saturated heterocycles. The zero-order chi connectivity index (χ0) is 15.0. The summed E-state index contributed by atoms with van der Waals surface area (Å²) in [6, 6.07) is 1.85. The van der Waals surface area contributed by atoms with E-state index in [1.54, 1.807) is 6.20 Å². The van der Waals surface area contributed by atoms with Crippen molar-refractivity contribution in [3.63, 3.8) is 0 Å². The molecule has 1 aromatic rings. The van der Waals surface area contributed by atoms with Crippen molar-refractivity contribution in [3.05, 3.63) is 18.5 Å². The van der Waals surface area contributed by atoms with Crippen molar-refractivity contribution in [2.24, 2.45) is 10.9 Å². The topological polar surface area (TPSA) is 54.2 Å². The molecule has 0 radical (unpaired) electrons. The Labute approximate surface area is 116 Å². The molecule has 1 rings (SSSR count). The third-order valence-electron chi connectivity index (χ3n) is 2.60. The number of guanidine groups is 1. The first-order valence-electron chi connectivity index (χ1n) is 6.39. The average Bonchev–Trinajstić information content (AvgIpc) is 2.84. The molecule has 1 unspecified atom stereocenters. The molecule has 20 heavy (non-hydrogen) atoms. The van der Waals surface area contributed by atoms with Crippen LogP contribution < -0.4 is 10.6 Å². The van der Waals surface area contributed by atoms with Gasteiger partial charge in [0.1, 0.15) is 0 Å². The van der Waals surface area contributed by atoms with Crippen LogP contribution in [0.15, 0.2) is 23.5 Å². The van der Waals surface area contributed by atoms with E-state index < -0.39 is 12.6 Å². The molecule has 0 fully saturated rings. The van der Waals surface area contributed by atoms with Gasteiger partial charge in [0.15, 0.2) is 5.96 Å². The minimum atomic E-state index is -4.15. The molecule has 0 saturated carbocycles. The van der Waals surface area contributed by atoms with E-state index in [9.17, 15) is 13.2 Å². The highest BCUT2D eigenvalue weighted by molar-refractivity contribution is 5.79. The van der Waals surface area contributed by atoms with Crippen LogP contribution in [0.4, 0.5) is 13.2 Å². The third kappa shape index (κ3) is 7.01. The zero-order valence-corrected chi connectivity index (χ0v) is 11.6. The van der Waals surface area contributed by atoms with Gasteiger partial charge in [-0.2, -0.15) is 18.3 Å². The molecule has 1 atom stereocenters. The van der Waals surface area contributed by atoms with Crippen molar-refractivity contribution in [3.8, 4) is 0 Å². The van der Waals surface area contributed by atoms with Gasteiger partial charge in [-0.15, -0.1) is 0 Å². The third-order valence-corrected chi connectivity index (χ3v) is 2.60. The first kappa shape index (κ1) is 16.3. The molecule has 5 nitrogen and oxygen atoms in total. The van der Waals surface area contributed by atoms with E-state index in [0.717, 1.165) is 6.54 Å². The van der Waals surface area contributed by atoms with Crippen LogP contribution in [0.2, 0.25) is 0 Å². The van der Waals surface area contributed by atoms with Gasteiger partial charge >= 0.3 is 6.18 Å². The molecule has 0 aliphatic rings. The number of aliphatic imine (C=N–C) groups is 1. The minimum absolute atomic E-state index is 0.184. The fourth-order valence-corrected chi connectivity index (χ4v) is 1.61.